The molecular weight excluding hydrogens is 260 g/mol. The van der Waals surface area contributed by atoms with Crippen LogP contribution in [0.1, 0.15) is 23.2 Å². The van der Waals surface area contributed by atoms with Crippen LogP contribution in [0, 0.1) is 10.1 Å². The Balaban J connectivity index is 1.95. The summed E-state index contributed by atoms with van der Waals surface area (Å²) in [6.45, 7) is 1.98. The number of hydrogen-bond donors (Lipinski definition) is 0. The van der Waals surface area contributed by atoms with Gasteiger partial charge in [-0.1, -0.05) is 0 Å². The molecule has 1 atom stereocenters. The molecule has 1 heterocycles. The van der Waals surface area contributed by atoms with Crippen molar-refractivity contribution in [3.8, 4) is 0 Å². The third kappa shape index (κ3) is 3.61. The molecule has 0 aromatic heterocycles. The smallest absolute Gasteiger partial charge is 0.269 e. The van der Waals surface area contributed by atoms with Gasteiger partial charge in [-0.2, -0.15) is 0 Å². The number of benzene rings is 1. The molecule has 0 saturated carbocycles. The van der Waals surface area contributed by atoms with E-state index < -0.39 is 4.92 Å². The van der Waals surface area contributed by atoms with Crippen molar-refractivity contribution in [1.82, 2.24) is 4.90 Å². The number of nitro benzene ring substituents is 1. The second-order valence-corrected chi connectivity index (χ2v) is 4.96. The number of nitrogens with zero attached hydrogens (tertiary/aromatic N) is 2. The summed E-state index contributed by atoms with van der Waals surface area (Å²) in [5.74, 6) is -0.0170. The average Bonchev–Trinajstić information content (AvgIpc) is 2.47. The summed E-state index contributed by atoms with van der Waals surface area (Å²) in [5.41, 5.74) is 0.508. The molecule has 0 N–H and O–H groups in total. The van der Waals surface area contributed by atoms with Crippen LogP contribution in [0.5, 0.6) is 0 Å². The number of ether oxygens (including phenoxy) is 1. The Labute approximate surface area is 117 Å². The van der Waals surface area contributed by atoms with Gasteiger partial charge in [-0.05, 0) is 31.5 Å². The van der Waals surface area contributed by atoms with Crippen LogP contribution in [0.4, 0.5) is 5.69 Å². The number of carbonyl (C=O) groups is 1. The molecule has 1 aromatic carbocycles. The predicted molar refractivity (Wildman–Crippen MR) is 73.9 cm³/mol. The molecule has 1 saturated heterocycles. The summed E-state index contributed by atoms with van der Waals surface area (Å²) in [7, 11) is 1.69. The fourth-order valence-corrected chi connectivity index (χ4v) is 2.41. The van der Waals surface area contributed by atoms with E-state index in [9.17, 15) is 14.9 Å². The van der Waals surface area contributed by atoms with Crippen LogP contribution in [0.15, 0.2) is 24.3 Å². The molecule has 1 aromatic rings. The van der Waals surface area contributed by atoms with Crippen molar-refractivity contribution in [2.75, 3.05) is 26.7 Å². The number of rotatable bonds is 5. The number of non-ortho nitro benzene ring substituents is 1. The summed E-state index contributed by atoms with van der Waals surface area (Å²) in [4.78, 5) is 24.3. The molecule has 0 spiro atoms. The molecule has 1 aliphatic heterocycles. The highest BCUT2D eigenvalue weighted by molar-refractivity contribution is 5.97. The number of hydrogen-bond acceptors (Lipinski definition) is 5. The second-order valence-electron chi connectivity index (χ2n) is 4.96. The fourth-order valence-electron chi connectivity index (χ4n) is 2.41. The standard InChI is InChI=1S/C14H18N2O4/c1-20-13-3-2-8-15(9-13)10-14(17)11-4-6-12(7-5-11)16(18)19/h4-7,13H,2-3,8-10H2,1H3. The summed E-state index contributed by atoms with van der Waals surface area (Å²) < 4.78 is 5.32. The lowest BCUT2D eigenvalue weighted by atomic mass is 10.1. The Kier molecular flexibility index (Phi) is 4.81. The molecule has 0 radical (unpaired) electrons. The van der Waals surface area contributed by atoms with Gasteiger partial charge in [0, 0.05) is 31.4 Å². The summed E-state index contributed by atoms with van der Waals surface area (Å²) >= 11 is 0. The molecule has 0 aliphatic carbocycles. The van der Waals surface area contributed by atoms with Gasteiger partial charge in [0.15, 0.2) is 5.78 Å². The third-order valence-corrected chi connectivity index (χ3v) is 3.56. The highest BCUT2D eigenvalue weighted by atomic mass is 16.6. The van der Waals surface area contributed by atoms with E-state index in [1.165, 1.54) is 24.3 Å². The van der Waals surface area contributed by atoms with Crippen LogP contribution in [0.2, 0.25) is 0 Å². The first kappa shape index (κ1) is 14.6. The van der Waals surface area contributed by atoms with Gasteiger partial charge in [-0.3, -0.25) is 19.8 Å². The molecule has 2 rings (SSSR count). The molecular formula is C14H18N2O4. The number of ketones is 1. The van der Waals surface area contributed by atoms with Crippen LogP contribution < -0.4 is 0 Å². The Hall–Kier alpha value is -1.79. The van der Waals surface area contributed by atoms with Crippen molar-refractivity contribution < 1.29 is 14.5 Å². The van der Waals surface area contributed by atoms with Crippen LogP contribution in [-0.2, 0) is 4.74 Å². The molecule has 0 amide bonds. The minimum atomic E-state index is -0.470. The first-order valence-corrected chi connectivity index (χ1v) is 6.63. The van der Waals surface area contributed by atoms with Gasteiger partial charge in [-0.15, -0.1) is 0 Å². The highest BCUT2D eigenvalue weighted by Crippen LogP contribution is 2.15. The monoisotopic (exact) mass is 278 g/mol. The Morgan fingerprint density at radius 1 is 1.45 bits per heavy atom. The van der Waals surface area contributed by atoms with Crippen molar-refractivity contribution in [2.45, 2.75) is 18.9 Å². The number of piperidine rings is 1. The van der Waals surface area contributed by atoms with Crippen LogP contribution in [0.3, 0.4) is 0 Å². The van der Waals surface area contributed by atoms with Crippen LogP contribution >= 0.6 is 0 Å². The first-order valence-electron chi connectivity index (χ1n) is 6.63. The summed E-state index contributed by atoms with van der Waals surface area (Å²) in [6.07, 6.45) is 2.23. The van der Waals surface area contributed by atoms with Crippen molar-refractivity contribution >= 4 is 11.5 Å². The van der Waals surface area contributed by atoms with Crippen LogP contribution in [0.25, 0.3) is 0 Å². The average molecular weight is 278 g/mol. The van der Waals surface area contributed by atoms with Crippen molar-refractivity contribution in [2.24, 2.45) is 0 Å². The molecule has 0 bridgehead atoms. The minimum absolute atomic E-state index is 0.000954. The highest BCUT2D eigenvalue weighted by Gasteiger charge is 2.21. The van der Waals surface area contributed by atoms with Gasteiger partial charge in [-0.25, -0.2) is 0 Å². The first-order chi connectivity index (χ1) is 9.60. The van der Waals surface area contributed by atoms with Gasteiger partial charge < -0.3 is 4.74 Å². The van der Waals surface area contributed by atoms with E-state index in [1.54, 1.807) is 7.11 Å². The second kappa shape index (κ2) is 6.58. The van der Waals surface area contributed by atoms with Gasteiger partial charge in [0.05, 0.1) is 17.6 Å². The number of nitro groups is 1. The van der Waals surface area contributed by atoms with Gasteiger partial charge in [0.25, 0.3) is 5.69 Å². The van der Waals surface area contributed by atoms with E-state index in [-0.39, 0.29) is 17.6 Å². The lowest BCUT2D eigenvalue weighted by molar-refractivity contribution is -0.384. The number of carbonyl (C=O) groups excluding carboxylic acids is 1. The molecule has 1 fully saturated rings. The maximum absolute atomic E-state index is 12.1. The van der Waals surface area contributed by atoms with Gasteiger partial charge >= 0.3 is 0 Å². The number of likely N-dealkylation sites (tertiary alicyclic amines) is 1. The van der Waals surface area contributed by atoms with Gasteiger partial charge in [0.1, 0.15) is 0 Å². The molecule has 6 heteroatoms. The quantitative estimate of drug-likeness (QED) is 0.467. The largest absolute Gasteiger partial charge is 0.380 e. The van der Waals surface area contributed by atoms with E-state index in [2.05, 4.69) is 4.90 Å². The maximum atomic E-state index is 12.1. The number of methoxy groups -OCH3 is 1. The van der Waals surface area contributed by atoms with E-state index >= 15 is 0 Å². The minimum Gasteiger partial charge on any atom is -0.380 e. The summed E-state index contributed by atoms with van der Waals surface area (Å²) in [6, 6.07) is 5.75. The SMILES string of the molecule is COC1CCCN(CC(=O)c2ccc([N+](=O)[O-])cc2)C1. The lowest BCUT2D eigenvalue weighted by Crippen LogP contribution is -2.41. The topological polar surface area (TPSA) is 72.7 Å². The van der Waals surface area contributed by atoms with E-state index in [1.807, 2.05) is 0 Å². The third-order valence-electron chi connectivity index (χ3n) is 3.56. The number of Topliss-reactive ketones (excluding diaryl/α,β-unsaturated/α-hetero) is 1. The molecule has 1 unspecified atom stereocenters. The zero-order valence-corrected chi connectivity index (χ0v) is 11.4. The van der Waals surface area contributed by atoms with Crippen LogP contribution in [-0.4, -0.2) is 48.5 Å². The Morgan fingerprint density at radius 3 is 2.75 bits per heavy atom. The molecule has 1 aliphatic rings. The van der Waals surface area contributed by atoms with Crippen molar-refractivity contribution in [3.63, 3.8) is 0 Å². The molecule has 108 valence electrons. The van der Waals surface area contributed by atoms with E-state index in [0.717, 1.165) is 25.9 Å². The van der Waals surface area contributed by atoms with E-state index in [0.29, 0.717) is 12.1 Å². The fraction of sp³-hybridized carbons (Fsp3) is 0.500. The normalized spacial score (nSPS) is 19.8. The van der Waals surface area contributed by atoms with E-state index in [4.69, 9.17) is 4.74 Å². The zero-order chi connectivity index (χ0) is 14.5. The van der Waals surface area contributed by atoms with Crippen molar-refractivity contribution in [3.05, 3.63) is 39.9 Å². The zero-order valence-electron chi connectivity index (χ0n) is 11.4. The van der Waals surface area contributed by atoms with Crippen molar-refractivity contribution in [1.29, 1.82) is 0 Å². The molecule has 6 nitrogen and oxygen atoms in total. The Bertz CT molecular complexity index is 486. The maximum Gasteiger partial charge on any atom is 0.269 e. The predicted octanol–water partition coefficient (Wildman–Crippen LogP) is 1.89. The summed E-state index contributed by atoms with van der Waals surface area (Å²) in [5, 5.41) is 10.6. The molecule has 20 heavy (non-hydrogen) atoms. The lowest BCUT2D eigenvalue weighted by Gasteiger charge is -2.31. The van der Waals surface area contributed by atoms with Gasteiger partial charge in [0.2, 0.25) is 0 Å². The Morgan fingerprint density at radius 2 is 2.15 bits per heavy atom.